The molecule has 74 heavy (non-hydrogen) atoms. The average molecular weight is 1010 g/mol. The van der Waals surface area contributed by atoms with Gasteiger partial charge in [0.25, 0.3) is 5.91 Å². The molecule has 0 heterocycles. The second-order valence-electron chi connectivity index (χ2n) is 17.8. The van der Waals surface area contributed by atoms with E-state index in [9.17, 15) is 38.7 Å². The first-order valence-electron chi connectivity index (χ1n) is 24.8. The van der Waals surface area contributed by atoms with Gasteiger partial charge in [0.15, 0.2) is 5.78 Å². The van der Waals surface area contributed by atoms with Crippen LogP contribution in [0.15, 0.2) is 127 Å². The Bertz CT molecular complexity index is 2660. The number of ketones is 1. The van der Waals surface area contributed by atoms with Crippen LogP contribution in [-0.2, 0) is 57.5 Å². The van der Waals surface area contributed by atoms with E-state index in [2.05, 4.69) is 32.5 Å². The minimum Gasteiger partial charge on any atom is -0.382 e. The number of carbonyl (C=O) groups is 7. The van der Waals surface area contributed by atoms with Gasteiger partial charge in [0, 0.05) is 55.9 Å². The zero-order valence-corrected chi connectivity index (χ0v) is 41.5. The van der Waals surface area contributed by atoms with Crippen LogP contribution < -0.4 is 38.1 Å². The number of nitrogens with one attached hydrogen (secondary N) is 5. The highest BCUT2D eigenvalue weighted by atomic mass is 16.5. The number of nitrogens with two attached hydrogens (primary N) is 2. The highest BCUT2D eigenvalue weighted by Gasteiger charge is 2.29. The largest absolute Gasteiger partial charge is 0.382 e. The Hall–Kier alpha value is -7.75. The molecule has 0 aliphatic carbocycles. The first kappa shape index (κ1) is 57.2. The van der Waals surface area contributed by atoms with Crippen molar-refractivity contribution in [2.24, 2.45) is 11.5 Å². The summed E-state index contributed by atoms with van der Waals surface area (Å²) in [6.07, 6.45) is 6.61. The number of benzene rings is 5. The summed E-state index contributed by atoms with van der Waals surface area (Å²) in [4.78, 5) is 91.3. The maximum absolute atomic E-state index is 13.8. The Morgan fingerprint density at radius 1 is 0.568 bits per heavy atom. The smallest absolute Gasteiger partial charge is 0.251 e. The number of rotatable bonds is 32. The molecule has 0 saturated heterocycles. The predicted octanol–water partition coefficient (Wildman–Crippen LogP) is 2.97. The number of carbonyl (C=O) groups excluding carboxylic acids is 7. The molecule has 0 fully saturated rings. The van der Waals surface area contributed by atoms with Crippen LogP contribution in [0.25, 0.3) is 10.8 Å². The lowest BCUT2D eigenvalue weighted by Crippen LogP contribution is -2.54. The van der Waals surface area contributed by atoms with Gasteiger partial charge in [0.2, 0.25) is 29.5 Å². The lowest BCUT2D eigenvalue weighted by Gasteiger charge is -2.23. The van der Waals surface area contributed by atoms with E-state index in [0.717, 1.165) is 21.9 Å². The minimum absolute atomic E-state index is 0.00141. The molecular formula is C57H67N7O10. The number of hydrogen-bond acceptors (Lipinski definition) is 11. The molecule has 0 aliphatic rings. The van der Waals surface area contributed by atoms with E-state index in [4.69, 9.17) is 27.4 Å². The Morgan fingerprint density at radius 2 is 1.18 bits per heavy atom. The van der Waals surface area contributed by atoms with Crippen molar-refractivity contribution in [1.29, 1.82) is 0 Å². The van der Waals surface area contributed by atoms with Gasteiger partial charge in [0.05, 0.1) is 19.8 Å². The summed E-state index contributed by atoms with van der Waals surface area (Å²) in [6.45, 7) is 0.0630. The number of hydrogen-bond donors (Lipinski definition) is 8. The third-order valence-corrected chi connectivity index (χ3v) is 12.0. The Kier molecular flexibility index (Phi) is 23.9. The Morgan fingerprint density at radius 3 is 1.89 bits per heavy atom. The summed E-state index contributed by atoms with van der Waals surface area (Å²) in [7, 11) is 0. The molecule has 0 saturated carbocycles. The SMILES string of the molecule is C#CCCCC(=O)NCCCC[C@H](NC(=O)[C@H](Cc1ccc(C(=O)c2ccccc2)cc1)NC(=O)COCCOCCNC(=O)[C@H](Cc1ccc2ccccc2c1)NC(=O)[C@@H](O)[C@H](N)Cc1ccccc1)C(N)=O. The van der Waals surface area contributed by atoms with Gasteiger partial charge in [-0.3, -0.25) is 33.6 Å². The van der Waals surface area contributed by atoms with E-state index in [1.54, 1.807) is 48.5 Å². The van der Waals surface area contributed by atoms with Gasteiger partial charge in [-0.2, -0.15) is 0 Å². The van der Waals surface area contributed by atoms with Crippen molar-refractivity contribution in [3.05, 3.63) is 155 Å². The van der Waals surface area contributed by atoms with E-state index in [1.165, 1.54) is 0 Å². The zero-order valence-electron chi connectivity index (χ0n) is 41.5. The van der Waals surface area contributed by atoms with Crippen LogP contribution in [0.3, 0.4) is 0 Å². The van der Waals surface area contributed by atoms with Crippen molar-refractivity contribution in [2.45, 2.75) is 88.1 Å². The average Bonchev–Trinajstić information content (AvgIpc) is 3.40. The van der Waals surface area contributed by atoms with Gasteiger partial charge >= 0.3 is 0 Å². The first-order chi connectivity index (χ1) is 35.8. The molecular weight excluding hydrogens is 943 g/mol. The molecule has 5 aromatic carbocycles. The third kappa shape index (κ3) is 19.7. The van der Waals surface area contributed by atoms with Gasteiger partial charge < -0.3 is 52.6 Å². The molecule has 6 amide bonds. The molecule has 5 aromatic rings. The maximum Gasteiger partial charge on any atom is 0.251 e. The van der Waals surface area contributed by atoms with Gasteiger partial charge in [-0.15, -0.1) is 12.3 Å². The van der Waals surface area contributed by atoms with Crippen LogP contribution >= 0.6 is 0 Å². The number of aliphatic hydroxyl groups excluding tert-OH is 1. The van der Waals surface area contributed by atoms with Crippen LogP contribution in [0, 0.1) is 12.3 Å². The molecule has 10 N–H and O–H groups in total. The summed E-state index contributed by atoms with van der Waals surface area (Å²) < 4.78 is 11.2. The fourth-order valence-corrected chi connectivity index (χ4v) is 7.94. The lowest BCUT2D eigenvalue weighted by molar-refractivity contribution is -0.134. The molecule has 5 atom stereocenters. The number of amides is 6. The van der Waals surface area contributed by atoms with Crippen molar-refractivity contribution in [3.8, 4) is 12.3 Å². The number of ether oxygens (including phenoxy) is 2. The summed E-state index contributed by atoms with van der Waals surface area (Å²) in [5, 5.41) is 26.5. The molecule has 390 valence electrons. The quantitative estimate of drug-likeness (QED) is 0.0176. The van der Waals surface area contributed by atoms with E-state index in [1.807, 2.05) is 78.9 Å². The Labute approximate surface area is 431 Å². The van der Waals surface area contributed by atoms with E-state index in [0.29, 0.717) is 55.3 Å². The van der Waals surface area contributed by atoms with Crippen LogP contribution in [0.5, 0.6) is 0 Å². The number of terminal acetylenes is 1. The van der Waals surface area contributed by atoms with Crippen LogP contribution in [0.4, 0.5) is 0 Å². The fraction of sp³-hybridized carbons (Fsp3) is 0.351. The molecule has 0 spiro atoms. The molecule has 0 aromatic heterocycles. The first-order valence-corrected chi connectivity index (χ1v) is 24.8. The summed E-state index contributed by atoms with van der Waals surface area (Å²) >= 11 is 0. The number of fused-ring (bicyclic) bond motifs is 1. The van der Waals surface area contributed by atoms with Crippen molar-refractivity contribution < 1.29 is 48.1 Å². The van der Waals surface area contributed by atoms with E-state index in [-0.39, 0.29) is 63.7 Å². The second-order valence-corrected chi connectivity index (χ2v) is 17.8. The van der Waals surface area contributed by atoms with Gasteiger partial charge in [-0.1, -0.05) is 127 Å². The Balaban J connectivity index is 1.11. The molecule has 5 rings (SSSR count). The van der Waals surface area contributed by atoms with Crippen LogP contribution in [0.2, 0.25) is 0 Å². The van der Waals surface area contributed by atoms with Gasteiger partial charge in [-0.05, 0) is 59.6 Å². The zero-order chi connectivity index (χ0) is 53.1. The van der Waals surface area contributed by atoms with Crippen LogP contribution in [0.1, 0.15) is 71.1 Å². The summed E-state index contributed by atoms with van der Waals surface area (Å²) in [6, 6.07) is 33.9. The van der Waals surface area contributed by atoms with E-state index >= 15 is 0 Å². The standard InChI is InChI=1S/C57H67N7O10/c1-2-3-6-22-50(65)60-29-14-13-21-47(54(59)69)63-56(71)49(36-40-23-27-44(28-24-40)52(67)43-18-9-5-10-19-43)62-51(66)38-74-33-32-73-31-30-61-55(70)48(37-41-25-26-42-17-11-12-20-45(42)34-41)64-57(72)53(68)46(58)35-39-15-7-4-8-16-39/h1,4-5,7-12,15-20,23-28,34,46-49,53,68H,3,6,13-14,21-22,29-33,35-38,58H2,(H2,59,69)(H,60,65)(H,61,70)(H,62,66)(H,63,71)(H,64,72)/t46-,47+,48+,49+,53+/m1/s1. The predicted molar refractivity (Wildman–Crippen MR) is 281 cm³/mol. The molecule has 0 bridgehead atoms. The molecule has 17 heteroatoms. The van der Waals surface area contributed by atoms with Crippen molar-refractivity contribution in [1.82, 2.24) is 26.6 Å². The second kappa shape index (κ2) is 31.0. The maximum atomic E-state index is 13.8. The monoisotopic (exact) mass is 1010 g/mol. The third-order valence-electron chi connectivity index (χ3n) is 12.0. The highest BCUT2D eigenvalue weighted by Crippen LogP contribution is 2.18. The van der Waals surface area contributed by atoms with Crippen molar-refractivity contribution in [2.75, 3.05) is 39.5 Å². The topological polar surface area (TPSA) is 270 Å². The fourth-order valence-electron chi connectivity index (χ4n) is 7.94. The summed E-state index contributed by atoms with van der Waals surface area (Å²) in [5.74, 6) is -1.16. The number of aliphatic hydroxyl groups is 1. The molecule has 0 radical (unpaired) electrons. The normalized spacial score (nSPS) is 13.0. The van der Waals surface area contributed by atoms with Crippen molar-refractivity contribution in [3.63, 3.8) is 0 Å². The highest BCUT2D eigenvalue weighted by molar-refractivity contribution is 6.09. The van der Waals surface area contributed by atoms with Crippen LogP contribution in [-0.4, -0.2) is 116 Å². The van der Waals surface area contributed by atoms with E-state index < -0.39 is 66.4 Å². The molecule has 0 aliphatic heterocycles. The van der Waals surface area contributed by atoms with Gasteiger partial charge in [0.1, 0.15) is 30.8 Å². The minimum atomic E-state index is -1.58. The summed E-state index contributed by atoms with van der Waals surface area (Å²) in [5.41, 5.74) is 15.1. The number of unbranched alkanes of at least 4 members (excludes halogenated alkanes) is 2. The number of primary amides is 1. The lowest BCUT2D eigenvalue weighted by atomic mass is 9.99. The van der Waals surface area contributed by atoms with Gasteiger partial charge in [-0.25, -0.2) is 0 Å². The van der Waals surface area contributed by atoms with Crippen molar-refractivity contribution >= 4 is 52.0 Å². The molecule has 17 nitrogen and oxygen atoms in total. The molecule has 0 unspecified atom stereocenters.